The molecule has 0 radical (unpaired) electrons. The van der Waals surface area contributed by atoms with Gasteiger partial charge in [0.2, 0.25) is 0 Å². The zero-order valence-electron chi connectivity index (χ0n) is 15.3. The number of hydrogen-bond donors (Lipinski definition) is 0. The van der Waals surface area contributed by atoms with Crippen LogP contribution in [0.2, 0.25) is 25.3 Å². The van der Waals surface area contributed by atoms with Crippen molar-refractivity contribution >= 4 is 22.9 Å². The molecule has 1 fully saturated rings. The van der Waals surface area contributed by atoms with E-state index in [-0.39, 0.29) is 5.60 Å². The molecule has 1 aliphatic rings. The predicted molar refractivity (Wildman–Crippen MR) is 96.5 cm³/mol. The Bertz CT molecular complexity index is 296. The zero-order chi connectivity index (χ0) is 15.6. The minimum atomic E-state index is -2.15. The van der Waals surface area contributed by atoms with Crippen LogP contribution >= 0.6 is 0 Å². The van der Waals surface area contributed by atoms with Crippen molar-refractivity contribution in [2.24, 2.45) is 0 Å². The van der Waals surface area contributed by atoms with Crippen LogP contribution < -0.4 is 0 Å². The van der Waals surface area contributed by atoms with Crippen LogP contribution in [-0.4, -0.2) is 28.5 Å². The van der Waals surface area contributed by atoms with Gasteiger partial charge in [0.1, 0.15) is 0 Å². The van der Waals surface area contributed by atoms with Crippen LogP contribution in [0.5, 0.6) is 0 Å². The van der Waals surface area contributed by atoms with Gasteiger partial charge < -0.3 is 0 Å². The molecule has 1 aliphatic heterocycles. The summed E-state index contributed by atoms with van der Waals surface area (Å²) in [5.74, 6) is 0. The third-order valence-electron chi connectivity index (χ3n) is 6.75. The summed E-state index contributed by atoms with van der Waals surface area (Å²) in [6.07, 6.45) is 3.82. The van der Waals surface area contributed by atoms with Gasteiger partial charge in [0.25, 0.3) is 0 Å². The van der Waals surface area contributed by atoms with E-state index < -0.39 is 22.9 Å². The molecule has 0 N–H and O–H groups in total. The normalized spacial score (nSPS) is 24.3. The summed E-state index contributed by atoms with van der Waals surface area (Å²) in [5.41, 5.74) is 0.255. The maximum absolute atomic E-state index is 7.27. The summed E-state index contributed by atoms with van der Waals surface area (Å²) in [6, 6.07) is 0. The van der Waals surface area contributed by atoms with Crippen LogP contribution in [0.4, 0.5) is 0 Å². The van der Waals surface area contributed by atoms with Gasteiger partial charge in [-0.15, -0.1) is 0 Å². The van der Waals surface area contributed by atoms with Crippen LogP contribution in [0.25, 0.3) is 0 Å². The van der Waals surface area contributed by atoms with Crippen molar-refractivity contribution in [1.29, 1.82) is 0 Å². The van der Waals surface area contributed by atoms with Crippen LogP contribution in [-0.2, 0) is 3.76 Å². The molecule has 120 valence electrons. The van der Waals surface area contributed by atoms with Crippen molar-refractivity contribution in [3.63, 3.8) is 0 Å². The van der Waals surface area contributed by atoms with Crippen LogP contribution in [0, 0.1) is 0 Å². The van der Waals surface area contributed by atoms with E-state index in [0.717, 1.165) is 9.50 Å². The molecule has 20 heavy (non-hydrogen) atoms. The van der Waals surface area contributed by atoms with Crippen molar-refractivity contribution in [2.75, 3.05) is 0 Å². The van der Waals surface area contributed by atoms with Crippen molar-refractivity contribution in [1.82, 2.24) is 0 Å². The predicted octanol–water partition coefficient (Wildman–Crippen LogP) is 6.30. The van der Waals surface area contributed by atoms with E-state index >= 15 is 0 Å². The Balaban J connectivity index is 3.34. The minimum absolute atomic E-state index is 0.255. The van der Waals surface area contributed by atoms with Crippen molar-refractivity contribution < 1.29 is 3.76 Å². The van der Waals surface area contributed by atoms with Crippen LogP contribution in [0.3, 0.4) is 0 Å². The van der Waals surface area contributed by atoms with Crippen LogP contribution in [0.1, 0.15) is 74.7 Å². The first-order chi connectivity index (χ1) is 9.29. The van der Waals surface area contributed by atoms with E-state index in [2.05, 4.69) is 55.4 Å². The average molecular weight is 404 g/mol. The topological polar surface area (TPSA) is 9.23 Å². The molecule has 1 nitrogen and oxygen atoms in total. The van der Waals surface area contributed by atoms with Gasteiger partial charge >= 0.3 is 132 Å². The van der Waals surface area contributed by atoms with Crippen molar-refractivity contribution in [2.45, 2.75) is 106 Å². The number of rotatable bonds is 6. The molecule has 0 unspecified atom stereocenters. The molecule has 0 bridgehead atoms. The fourth-order valence-corrected chi connectivity index (χ4v) is 73.2. The van der Waals surface area contributed by atoms with E-state index in [1.165, 1.54) is 29.8 Å². The second kappa shape index (κ2) is 7.08. The first-order valence-corrected chi connectivity index (χ1v) is 23.2. The molecule has 0 aromatic carbocycles. The molecule has 1 rings (SSSR count). The molecule has 1 saturated heterocycles. The Labute approximate surface area is 132 Å². The SMILES string of the molecule is CCC1(CC)C[CH2][Ge]([CH](C)C)([CH](C)C)[Ge]([CH2]C)([CH2]C)[O]1. The molecule has 0 aliphatic carbocycles. The first-order valence-electron chi connectivity index (χ1n) is 8.99. The molecule has 0 aromatic rings. The molecule has 3 heteroatoms. The fraction of sp³-hybridized carbons (Fsp3) is 1.00. The quantitative estimate of drug-likeness (QED) is 0.473. The van der Waals surface area contributed by atoms with Crippen molar-refractivity contribution in [3.8, 4) is 0 Å². The Morgan fingerprint density at radius 1 is 0.900 bits per heavy atom. The summed E-state index contributed by atoms with van der Waals surface area (Å²) in [7, 11) is 0. The Morgan fingerprint density at radius 3 is 1.65 bits per heavy atom. The molecule has 0 atom stereocenters. The van der Waals surface area contributed by atoms with Gasteiger partial charge in [-0.1, -0.05) is 0 Å². The Hall–Kier alpha value is 1.05. The van der Waals surface area contributed by atoms with Gasteiger partial charge in [-0.2, -0.15) is 0 Å². The summed E-state index contributed by atoms with van der Waals surface area (Å²) in [4.78, 5) is 0. The van der Waals surface area contributed by atoms with Gasteiger partial charge in [-0.25, -0.2) is 0 Å². The maximum atomic E-state index is 7.27. The van der Waals surface area contributed by atoms with E-state index in [4.69, 9.17) is 3.76 Å². The number of hydrogen-bond acceptors (Lipinski definition) is 1. The van der Waals surface area contributed by atoms with Crippen molar-refractivity contribution in [3.05, 3.63) is 0 Å². The van der Waals surface area contributed by atoms with E-state index in [0.29, 0.717) is 0 Å². The second-order valence-electron chi connectivity index (χ2n) is 7.54. The Kier molecular flexibility index (Phi) is 6.76. The average Bonchev–Trinajstić information content (AvgIpc) is 2.45. The third-order valence-corrected chi connectivity index (χ3v) is 70.4. The van der Waals surface area contributed by atoms with Gasteiger partial charge in [0, 0.05) is 0 Å². The monoisotopic (exact) mass is 406 g/mol. The van der Waals surface area contributed by atoms with E-state index in [9.17, 15) is 0 Å². The molecule has 0 spiro atoms. The molecule has 0 amide bonds. The molecular weight excluding hydrogens is 365 g/mol. The standard InChI is InChI=1S/C17H38Ge2O/c1-9-17(10-2)13-14-19(15(5)6,16(7)8)18(11-3,12-4)20-17/h15-16H,9-14H2,1-8H3. The van der Waals surface area contributed by atoms with Gasteiger partial charge in [-0.05, 0) is 0 Å². The second-order valence-corrected chi connectivity index (χ2v) is 45.5. The van der Waals surface area contributed by atoms with Crippen LogP contribution in [0.15, 0.2) is 0 Å². The van der Waals surface area contributed by atoms with E-state index in [1.54, 1.807) is 5.25 Å². The third kappa shape index (κ3) is 2.80. The van der Waals surface area contributed by atoms with Gasteiger partial charge in [-0.3, -0.25) is 0 Å². The molecule has 1 heterocycles. The fourth-order valence-electron chi connectivity index (χ4n) is 5.32. The summed E-state index contributed by atoms with van der Waals surface area (Å²) >= 11 is -4.04. The van der Waals surface area contributed by atoms with Gasteiger partial charge in [0.15, 0.2) is 0 Å². The summed E-state index contributed by atoms with van der Waals surface area (Å²) < 4.78 is 9.16. The van der Waals surface area contributed by atoms with Gasteiger partial charge in [0.05, 0.1) is 0 Å². The Morgan fingerprint density at radius 2 is 1.35 bits per heavy atom. The first kappa shape index (κ1) is 19.1. The summed E-state index contributed by atoms with van der Waals surface area (Å²) in [5, 5.41) is 4.42. The molecule has 0 aromatic heterocycles. The summed E-state index contributed by atoms with van der Waals surface area (Å²) in [6.45, 7) is 19.8. The van der Waals surface area contributed by atoms with E-state index in [1.807, 2.05) is 0 Å². The molecular formula is C17H38Ge2O. The zero-order valence-corrected chi connectivity index (χ0v) is 19.5. The molecule has 0 saturated carbocycles.